The van der Waals surface area contributed by atoms with Crippen LogP contribution < -0.4 is 0 Å². The Bertz CT molecular complexity index is 665. The predicted octanol–water partition coefficient (Wildman–Crippen LogP) is 7.82. The molecule has 0 N–H and O–H groups in total. The van der Waals surface area contributed by atoms with E-state index >= 15 is 0 Å². The van der Waals surface area contributed by atoms with Gasteiger partial charge in [0, 0.05) is 19.4 Å². The molecule has 0 radical (unpaired) electrons. The van der Waals surface area contributed by atoms with E-state index < -0.39 is 8.32 Å². The number of hydrogen-bond donors (Lipinski definition) is 0. The molecule has 0 bridgehead atoms. The minimum absolute atomic E-state index is 0.167. The molecule has 1 spiro atoms. The molecule has 5 heteroatoms. The molecule has 0 aromatic heterocycles. The van der Waals surface area contributed by atoms with E-state index in [9.17, 15) is 4.79 Å². The lowest BCUT2D eigenvalue weighted by atomic mass is 9.85. The normalized spacial score (nSPS) is 30.5. The predicted molar refractivity (Wildman–Crippen MR) is 140 cm³/mol. The molecule has 1 unspecified atom stereocenters. The molecule has 0 saturated carbocycles. The largest absolute Gasteiger partial charge is 0.417 e. The third-order valence-corrected chi connectivity index (χ3v) is 12.9. The van der Waals surface area contributed by atoms with Crippen molar-refractivity contribution < 1.29 is 18.7 Å². The van der Waals surface area contributed by atoms with Crippen LogP contribution in [0.1, 0.15) is 106 Å². The number of carbonyl (C=O) groups is 1. The number of ketones is 1. The van der Waals surface area contributed by atoms with Gasteiger partial charge in [0.2, 0.25) is 0 Å². The van der Waals surface area contributed by atoms with E-state index in [1.54, 1.807) is 6.92 Å². The summed E-state index contributed by atoms with van der Waals surface area (Å²) in [5.41, 5.74) is 0.869. The van der Waals surface area contributed by atoms with Crippen LogP contribution in [-0.2, 0) is 18.7 Å². The maximum absolute atomic E-state index is 11.5. The first-order valence-electron chi connectivity index (χ1n) is 13.4. The number of hydrogen-bond acceptors (Lipinski definition) is 4. The van der Waals surface area contributed by atoms with Gasteiger partial charge in [0.25, 0.3) is 0 Å². The van der Waals surface area contributed by atoms with Crippen LogP contribution in [0.2, 0.25) is 18.1 Å². The van der Waals surface area contributed by atoms with Crippen molar-refractivity contribution in [3.63, 3.8) is 0 Å². The lowest BCUT2D eigenvalue weighted by Crippen LogP contribution is -2.50. The Balaban J connectivity index is 1.85. The van der Waals surface area contributed by atoms with Crippen molar-refractivity contribution in [3.8, 4) is 0 Å². The van der Waals surface area contributed by atoms with Gasteiger partial charge in [0.1, 0.15) is 0 Å². The second-order valence-electron chi connectivity index (χ2n) is 12.4. The molecule has 33 heavy (non-hydrogen) atoms. The van der Waals surface area contributed by atoms with Gasteiger partial charge in [-0.05, 0) is 94.3 Å². The highest BCUT2D eigenvalue weighted by Gasteiger charge is 2.44. The third-order valence-electron chi connectivity index (χ3n) is 8.38. The van der Waals surface area contributed by atoms with Crippen LogP contribution in [0.15, 0.2) is 11.6 Å². The fraction of sp³-hybridized carbons (Fsp3) is 0.893. The molecular weight excluding hydrogens is 428 g/mol. The van der Waals surface area contributed by atoms with E-state index in [4.69, 9.17) is 13.9 Å². The molecule has 2 aliphatic rings. The van der Waals surface area contributed by atoms with Crippen LogP contribution in [0.4, 0.5) is 0 Å². The quantitative estimate of drug-likeness (QED) is 0.182. The summed E-state index contributed by atoms with van der Waals surface area (Å²) in [5.74, 6) is 0.762. The summed E-state index contributed by atoms with van der Waals surface area (Å²) in [6.07, 6.45) is 12.3. The van der Waals surface area contributed by atoms with Crippen molar-refractivity contribution in [1.82, 2.24) is 0 Å². The summed E-state index contributed by atoms with van der Waals surface area (Å²) >= 11 is 0. The van der Waals surface area contributed by atoms with Crippen molar-refractivity contribution in [2.24, 2.45) is 11.8 Å². The fourth-order valence-electron chi connectivity index (χ4n) is 4.83. The molecule has 2 fully saturated rings. The zero-order chi connectivity index (χ0) is 24.9. The van der Waals surface area contributed by atoms with Crippen molar-refractivity contribution >= 4 is 14.1 Å². The van der Waals surface area contributed by atoms with E-state index in [0.29, 0.717) is 11.8 Å². The van der Waals surface area contributed by atoms with Gasteiger partial charge in [-0.1, -0.05) is 40.7 Å². The number of Topliss-reactive ketones (excluding diaryl/α,β-unsaturated/α-hetero) is 1. The maximum Gasteiger partial charge on any atom is 0.191 e. The molecule has 192 valence electrons. The molecule has 0 aromatic carbocycles. The summed E-state index contributed by atoms with van der Waals surface area (Å²) in [7, 11) is -1.68. The van der Waals surface area contributed by atoms with E-state index in [2.05, 4.69) is 53.8 Å². The summed E-state index contributed by atoms with van der Waals surface area (Å²) in [6, 6.07) is 0. The van der Waals surface area contributed by atoms with Crippen LogP contribution in [0, 0.1) is 11.8 Å². The molecule has 2 rings (SSSR count). The van der Waals surface area contributed by atoms with Gasteiger partial charge >= 0.3 is 0 Å². The minimum atomic E-state index is -1.68. The van der Waals surface area contributed by atoms with Crippen LogP contribution in [0.25, 0.3) is 0 Å². The minimum Gasteiger partial charge on any atom is -0.417 e. The Kier molecular flexibility index (Phi) is 10.4. The zero-order valence-corrected chi connectivity index (χ0v) is 24.1. The fourth-order valence-corrected chi connectivity index (χ4v) is 5.91. The molecule has 2 aliphatic heterocycles. The maximum atomic E-state index is 11.5. The molecule has 2 saturated heterocycles. The first-order valence-corrected chi connectivity index (χ1v) is 16.3. The van der Waals surface area contributed by atoms with Crippen molar-refractivity contribution in [3.05, 3.63) is 11.6 Å². The number of carbonyl (C=O) groups excluding carboxylic acids is 1. The lowest BCUT2D eigenvalue weighted by molar-refractivity contribution is -0.324. The van der Waals surface area contributed by atoms with E-state index in [0.717, 1.165) is 57.1 Å². The van der Waals surface area contributed by atoms with Gasteiger partial charge in [-0.25, -0.2) is 0 Å². The topological polar surface area (TPSA) is 44.8 Å². The highest BCUT2D eigenvalue weighted by Crippen LogP contribution is 2.43. The molecule has 5 atom stereocenters. The summed E-state index contributed by atoms with van der Waals surface area (Å²) < 4.78 is 19.8. The number of ether oxygens (including phenoxy) is 2. The smallest absolute Gasteiger partial charge is 0.191 e. The summed E-state index contributed by atoms with van der Waals surface area (Å²) in [5, 5.41) is 0.259. The van der Waals surface area contributed by atoms with Crippen LogP contribution in [0.5, 0.6) is 0 Å². The number of rotatable bonds is 10. The Morgan fingerprint density at radius 3 is 2.48 bits per heavy atom. The van der Waals surface area contributed by atoms with Gasteiger partial charge in [-0.2, -0.15) is 0 Å². The Labute approximate surface area is 205 Å². The Morgan fingerprint density at radius 1 is 1.15 bits per heavy atom. The van der Waals surface area contributed by atoms with Gasteiger partial charge in [0.15, 0.2) is 19.9 Å². The third kappa shape index (κ3) is 8.59. The Morgan fingerprint density at radius 2 is 1.85 bits per heavy atom. The van der Waals surface area contributed by atoms with Crippen LogP contribution in [-0.4, -0.2) is 38.7 Å². The highest BCUT2D eigenvalue weighted by atomic mass is 28.4. The van der Waals surface area contributed by atoms with Gasteiger partial charge < -0.3 is 13.9 Å². The Hall–Kier alpha value is -0.493. The first kappa shape index (κ1) is 28.7. The van der Waals surface area contributed by atoms with Crippen molar-refractivity contribution in [2.75, 3.05) is 6.61 Å². The van der Waals surface area contributed by atoms with Crippen molar-refractivity contribution in [1.29, 1.82) is 0 Å². The van der Waals surface area contributed by atoms with Gasteiger partial charge in [-0.3, -0.25) is 4.79 Å². The van der Waals surface area contributed by atoms with Crippen LogP contribution in [0.3, 0.4) is 0 Å². The van der Waals surface area contributed by atoms with Gasteiger partial charge in [0.05, 0.1) is 12.2 Å². The van der Waals surface area contributed by atoms with E-state index in [1.165, 1.54) is 12.8 Å². The van der Waals surface area contributed by atoms with Gasteiger partial charge in [-0.15, -0.1) is 0 Å². The molecule has 2 heterocycles. The highest BCUT2D eigenvalue weighted by molar-refractivity contribution is 6.74. The average molecular weight is 481 g/mol. The number of allylic oxidation sites excluding steroid dienone is 2. The molecule has 0 aliphatic carbocycles. The molecule has 0 amide bonds. The SMILES string of the molecule is CC(=O)/C(C)=C/[C@@H](C)CC[C@@H]1CCC[C@]2(CCC(C)[C@@H](CCCO[Si](C)(C)C(C)(C)C)O2)O1. The first-order chi connectivity index (χ1) is 15.2. The molecular formula is C28H52O4Si. The summed E-state index contributed by atoms with van der Waals surface area (Å²) in [4.78, 5) is 11.5. The molecule has 4 nitrogen and oxygen atoms in total. The van der Waals surface area contributed by atoms with Crippen molar-refractivity contribution in [2.45, 2.75) is 142 Å². The summed E-state index contributed by atoms with van der Waals surface area (Å²) in [6.45, 7) is 20.5. The zero-order valence-electron chi connectivity index (χ0n) is 23.1. The monoisotopic (exact) mass is 480 g/mol. The van der Waals surface area contributed by atoms with Crippen LogP contribution >= 0.6 is 0 Å². The van der Waals surface area contributed by atoms with E-state index in [1.807, 2.05) is 6.92 Å². The standard InChI is InChI=1S/C28H52O4Si/c1-21(20-23(3)24(4)29)14-15-25-12-10-17-28(31-25)18-16-22(2)26(32-28)13-11-19-30-33(8,9)27(5,6)7/h20-22,25-26H,10-19H2,1-9H3/b23-20+/t21-,22?,25-,26+,28-/m0/s1. The average Bonchev–Trinajstić information content (AvgIpc) is 2.71. The molecule has 0 aromatic rings. The second-order valence-corrected chi connectivity index (χ2v) is 17.2. The second kappa shape index (κ2) is 12.0. The van der Waals surface area contributed by atoms with E-state index in [-0.39, 0.29) is 28.8 Å². The lowest BCUT2D eigenvalue weighted by Gasteiger charge is -2.48.